The van der Waals surface area contributed by atoms with E-state index in [0.717, 1.165) is 37.1 Å². The van der Waals surface area contributed by atoms with Crippen molar-refractivity contribution in [2.45, 2.75) is 31.6 Å². The van der Waals surface area contributed by atoms with Crippen molar-refractivity contribution in [3.63, 3.8) is 0 Å². The van der Waals surface area contributed by atoms with Crippen LogP contribution in [0.4, 0.5) is 0 Å². The summed E-state index contributed by atoms with van der Waals surface area (Å²) in [7, 11) is 0. The summed E-state index contributed by atoms with van der Waals surface area (Å²) in [6.07, 6.45) is 2.31. The number of aryl methyl sites for hydroxylation is 1. The van der Waals surface area contributed by atoms with E-state index in [-0.39, 0.29) is 0 Å². The van der Waals surface area contributed by atoms with E-state index in [9.17, 15) is 9.90 Å². The van der Waals surface area contributed by atoms with E-state index < -0.39 is 11.4 Å². The molecule has 1 aromatic rings. The molecule has 1 saturated heterocycles. The highest BCUT2D eigenvalue weighted by Gasteiger charge is 2.40. The summed E-state index contributed by atoms with van der Waals surface area (Å²) in [6.45, 7) is 3.70. The lowest BCUT2D eigenvalue weighted by Crippen LogP contribution is -2.36. The van der Waals surface area contributed by atoms with Crippen molar-refractivity contribution in [3.8, 4) is 0 Å². The standard InChI is InChI=1S/C14H19NO2/c1-11-4-2-5-12(10-11)14(13(16)17)6-3-8-15-9-7-14/h2,4-5,10,15H,3,6-9H2,1H3,(H,16,17). The third kappa shape index (κ3) is 2.34. The summed E-state index contributed by atoms with van der Waals surface area (Å²) in [5.41, 5.74) is 1.38. The fourth-order valence-corrected chi connectivity index (χ4v) is 2.64. The molecule has 1 aliphatic heterocycles. The number of carboxylic acids is 1. The average Bonchev–Trinajstić information content (AvgIpc) is 2.55. The summed E-state index contributed by atoms with van der Waals surface area (Å²) in [5.74, 6) is -0.688. The van der Waals surface area contributed by atoms with Crippen molar-refractivity contribution >= 4 is 5.97 Å². The van der Waals surface area contributed by atoms with Crippen LogP contribution in [-0.2, 0) is 10.2 Å². The SMILES string of the molecule is Cc1cccc(C2(C(=O)O)CCCNCC2)c1. The van der Waals surface area contributed by atoms with Crippen LogP contribution in [0.2, 0.25) is 0 Å². The fraction of sp³-hybridized carbons (Fsp3) is 0.500. The molecule has 2 N–H and O–H groups in total. The fourth-order valence-electron chi connectivity index (χ4n) is 2.64. The van der Waals surface area contributed by atoms with Crippen LogP contribution in [0.15, 0.2) is 24.3 Å². The second-order valence-electron chi connectivity index (χ2n) is 4.86. The van der Waals surface area contributed by atoms with Crippen LogP contribution < -0.4 is 5.32 Å². The van der Waals surface area contributed by atoms with Gasteiger partial charge in [-0.1, -0.05) is 29.8 Å². The minimum atomic E-state index is -0.699. The van der Waals surface area contributed by atoms with E-state index in [2.05, 4.69) is 5.32 Å². The van der Waals surface area contributed by atoms with Crippen LogP contribution in [0.1, 0.15) is 30.4 Å². The summed E-state index contributed by atoms with van der Waals surface area (Å²) in [5, 5.41) is 12.9. The van der Waals surface area contributed by atoms with Gasteiger partial charge in [0.15, 0.2) is 0 Å². The molecule has 92 valence electrons. The van der Waals surface area contributed by atoms with E-state index in [1.165, 1.54) is 0 Å². The zero-order chi connectivity index (χ0) is 12.3. The highest BCUT2D eigenvalue weighted by molar-refractivity contribution is 5.81. The molecule has 0 bridgehead atoms. The Kier molecular flexibility index (Phi) is 3.48. The molecule has 1 heterocycles. The number of hydrogen-bond donors (Lipinski definition) is 2. The highest BCUT2D eigenvalue weighted by atomic mass is 16.4. The maximum atomic E-state index is 11.7. The maximum Gasteiger partial charge on any atom is 0.314 e. The zero-order valence-electron chi connectivity index (χ0n) is 10.2. The molecule has 0 amide bonds. The third-order valence-electron chi connectivity index (χ3n) is 3.67. The number of aliphatic carboxylic acids is 1. The molecule has 3 heteroatoms. The van der Waals surface area contributed by atoms with Crippen molar-refractivity contribution < 1.29 is 9.90 Å². The molecule has 0 radical (unpaired) electrons. The number of benzene rings is 1. The molecule has 1 fully saturated rings. The van der Waals surface area contributed by atoms with E-state index in [0.29, 0.717) is 6.42 Å². The second kappa shape index (κ2) is 4.88. The number of carbonyl (C=O) groups is 1. The van der Waals surface area contributed by atoms with Gasteiger partial charge < -0.3 is 10.4 Å². The monoisotopic (exact) mass is 233 g/mol. The van der Waals surface area contributed by atoms with Gasteiger partial charge in [-0.2, -0.15) is 0 Å². The molecule has 17 heavy (non-hydrogen) atoms. The van der Waals surface area contributed by atoms with Crippen molar-refractivity contribution in [2.75, 3.05) is 13.1 Å². The Morgan fingerprint density at radius 1 is 1.35 bits per heavy atom. The summed E-state index contributed by atoms with van der Waals surface area (Å²) in [4.78, 5) is 11.7. The van der Waals surface area contributed by atoms with Gasteiger partial charge in [-0.15, -0.1) is 0 Å². The van der Waals surface area contributed by atoms with Crippen LogP contribution in [-0.4, -0.2) is 24.2 Å². The van der Waals surface area contributed by atoms with Gasteiger partial charge in [-0.3, -0.25) is 4.79 Å². The average molecular weight is 233 g/mol. The highest BCUT2D eigenvalue weighted by Crippen LogP contribution is 2.34. The van der Waals surface area contributed by atoms with Gasteiger partial charge in [-0.05, 0) is 44.8 Å². The Labute approximate surface area is 102 Å². The smallest absolute Gasteiger partial charge is 0.314 e. The minimum absolute atomic E-state index is 0.672. The van der Waals surface area contributed by atoms with E-state index in [4.69, 9.17) is 0 Å². The van der Waals surface area contributed by atoms with Crippen LogP contribution in [0.25, 0.3) is 0 Å². The summed E-state index contributed by atoms with van der Waals surface area (Å²) < 4.78 is 0. The summed E-state index contributed by atoms with van der Waals surface area (Å²) >= 11 is 0. The first-order chi connectivity index (χ1) is 8.15. The quantitative estimate of drug-likeness (QED) is 0.822. The van der Waals surface area contributed by atoms with E-state index in [1.54, 1.807) is 0 Å². The lowest BCUT2D eigenvalue weighted by atomic mass is 9.74. The normalized spacial score (nSPS) is 25.2. The summed E-state index contributed by atoms with van der Waals surface area (Å²) in [6, 6.07) is 7.92. The molecular weight excluding hydrogens is 214 g/mol. The first kappa shape index (κ1) is 12.1. The molecule has 0 aliphatic carbocycles. The van der Waals surface area contributed by atoms with Crippen molar-refractivity contribution in [2.24, 2.45) is 0 Å². The molecule has 0 aromatic heterocycles. The van der Waals surface area contributed by atoms with Crippen LogP contribution in [0, 0.1) is 6.92 Å². The van der Waals surface area contributed by atoms with E-state index in [1.807, 2.05) is 31.2 Å². The Bertz CT molecular complexity index is 406. The predicted molar refractivity (Wildman–Crippen MR) is 67.2 cm³/mol. The molecule has 0 spiro atoms. The third-order valence-corrected chi connectivity index (χ3v) is 3.67. The number of hydrogen-bond acceptors (Lipinski definition) is 2. The molecule has 3 nitrogen and oxygen atoms in total. The maximum absolute atomic E-state index is 11.7. The Morgan fingerprint density at radius 3 is 2.88 bits per heavy atom. The van der Waals surface area contributed by atoms with Gasteiger partial charge in [0, 0.05) is 0 Å². The van der Waals surface area contributed by atoms with Crippen molar-refractivity contribution in [3.05, 3.63) is 35.4 Å². The number of nitrogens with one attached hydrogen (secondary N) is 1. The molecule has 1 unspecified atom stereocenters. The first-order valence-corrected chi connectivity index (χ1v) is 6.16. The molecular formula is C14H19NO2. The van der Waals surface area contributed by atoms with Gasteiger partial charge in [-0.25, -0.2) is 0 Å². The number of rotatable bonds is 2. The van der Waals surface area contributed by atoms with Gasteiger partial charge >= 0.3 is 5.97 Å². The Morgan fingerprint density at radius 2 is 2.18 bits per heavy atom. The Balaban J connectivity index is 2.42. The lowest BCUT2D eigenvalue weighted by Gasteiger charge is -2.28. The molecule has 1 atom stereocenters. The van der Waals surface area contributed by atoms with Crippen LogP contribution in [0.3, 0.4) is 0 Å². The minimum Gasteiger partial charge on any atom is -0.481 e. The molecule has 1 aliphatic rings. The van der Waals surface area contributed by atoms with Crippen LogP contribution >= 0.6 is 0 Å². The largest absolute Gasteiger partial charge is 0.481 e. The zero-order valence-corrected chi connectivity index (χ0v) is 10.2. The van der Waals surface area contributed by atoms with Gasteiger partial charge in [0.05, 0.1) is 5.41 Å². The van der Waals surface area contributed by atoms with E-state index >= 15 is 0 Å². The van der Waals surface area contributed by atoms with Crippen molar-refractivity contribution in [1.82, 2.24) is 5.32 Å². The second-order valence-corrected chi connectivity index (χ2v) is 4.86. The topological polar surface area (TPSA) is 49.3 Å². The van der Waals surface area contributed by atoms with Crippen LogP contribution in [0.5, 0.6) is 0 Å². The van der Waals surface area contributed by atoms with Gasteiger partial charge in [0.25, 0.3) is 0 Å². The van der Waals surface area contributed by atoms with Gasteiger partial charge in [0.2, 0.25) is 0 Å². The Hall–Kier alpha value is -1.35. The molecule has 1 aromatic carbocycles. The molecule has 0 saturated carbocycles. The lowest BCUT2D eigenvalue weighted by molar-refractivity contribution is -0.144. The predicted octanol–water partition coefficient (Wildman–Crippen LogP) is 2.09. The van der Waals surface area contributed by atoms with Gasteiger partial charge in [0.1, 0.15) is 0 Å². The number of carboxylic acid groups (broad SMARTS) is 1. The van der Waals surface area contributed by atoms with Crippen molar-refractivity contribution in [1.29, 1.82) is 0 Å². The first-order valence-electron chi connectivity index (χ1n) is 6.16. The molecule has 2 rings (SSSR count).